The van der Waals surface area contributed by atoms with E-state index < -0.39 is 0 Å². The monoisotopic (exact) mass is 421 g/mol. The average Bonchev–Trinajstić information content (AvgIpc) is 2.66. The van der Waals surface area contributed by atoms with E-state index in [0.29, 0.717) is 23.6 Å². The molecule has 0 amide bonds. The number of hydrogen-bond acceptors (Lipinski definition) is 6. The van der Waals surface area contributed by atoms with E-state index in [0.717, 1.165) is 10.0 Å². The second kappa shape index (κ2) is 8.34. The van der Waals surface area contributed by atoms with Gasteiger partial charge in [0.25, 0.3) is 0 Å². The standard InChI is InChI=1S/C20H16BrN5O/c21-14-8-9-17(27-10-4-7-13-5-2-1-3-6-13)15(11-14)18-16(12-22)19(23)26-20(24)25-18/h1-9,11H,10H2,(H4,23,24,25,26). The van der Waals surface area contributed by atoms with Crippen LogP contribution in [0.2, 0.25) is 0 Å². The molecule has 0 aliphatic rings. The zero-order chi connectivity index (χ0) is 19.2. The third-order valence-corrected chi connectivity index (χ3v) is 4.20. The van der Waals surface area contributed by atoms with Crippen molar-refractivity contribution in [2.24, 2.45) is 0 Å². The van der Waals surface area contributed by atoms with Crippen LogP contribution in [0.15, 0.2) is 59.1 Å². The summed E-state index contributed by atoms with van der Waals surface area (Å²) in [6.07, 6.45) is 3.88. The smallest absolute Gasteiger partial charge is 0.222 e. The van der Waals surface area contributed by atoms with E-state index in [4.69, 9.17) is 16.2 Å². The van der Waals surface area contributed by atoms with Crippen molar-refractivity contribution in [3.8, 4) is 23.1 Å². The second-order valence-electron chi connectivity index (χ2n) is 5.57. The van der Waals surface area contributed by atoms with Crippen LogP contribution in [0.1, 0.15) is 11.1 Å². The lowest BCUT2D eigenvalue weighted by Gasteiger charge is -2.12. The number of nitrogens with zero attached hydrogens (tertiary/aromatic N) is 3. The summed E-state index contributed by atoms with van der Waals surface area (Å²) in [5.74, 6) is 0.594. The van der Waals surface area contributed by atoms with Crippen molar-refractivity contribution >= 4 is 33.8 Å². The van der Waals surface area contributed by atoms with Gasteiger partial charge in [0.15, 0.2) is 0 Å². The predicted molar refractivity (Wildman–Crippen MR) is 110 cm³/mol. The molecule has 134 valence electrons. The van der Waals surface area contributed by atoms with Crippen LogP contribution in [-0.4, -0.2) is 16.6 Å². The van der Waals surface area contributed by atoms with Gasteiger partial charge in [-0.1, -0.05) is 52.3 Å². The molecule has 0 spiro atoms. The van der Waals surface area contributed by atoms with E-state index in [1.165, 1.54) is 0 Å². The van der Waals surface area contributed by atoms with Crippen LogP contribution in [0.5, 0.6) is 5.75 Å². The van der Waals surface area contributed by atoms with Gasteiger partial charge in [-0.25, -0.2) is 4.98 Å². The Kier molecular flexibility index (Phi) is 5.69. The fourth-order valence-corrected chi connectivity index (χ4v) is 2.86. The Morgan fingerprint density at radius 1 is 1.11 bits per heavy atom. The maximum Gasteiger partial charge on any atom is 0.222 e. The molecule has 0 fully saturated rings. The number of anilines is 2. The van der Waals surface area contributed by atoms with Crippen molar-refractivity contribution in [2.45, 2.75) is 0 Å². The van der Waals surface area contributed by atoms with Gasteiger partial charge in [-0.2, -0.15) is 10.2 Å². The van der Waals surface area contributed by atoms with Crippen LogP contribution in [0.4, 0.5) is 11.8 Å². The van der Waals surface area contributed by atoms with Gasteiger partial charge in [0.2, 0.25) is 5.95 Å². The molecule has 0 saturated carbocycles. The summed E-state index contributed by atoms with van der Waals surface area (Å²) in [6.45, 7) is 0.349. The highest BCUT2D eigenvalue weighted by molar-refractivity contribution is 9.10. The number of hydrogen-bond donors (Lipinski definition) is 2. The molecule has 0 saturated heterocycles. The number of aromatic nitrogens is 2. The summed E-state index contributed by atoms with van der Waals surface area (Å²) in [5, 5.41) is 9.44. The zero-order valence-electron chi connectivity index (χ0n) is 14.3. The van der Waals surface area contributed by atoms with Crippen LogP contribution >= 0.6 is 15.9 Å². The number of nitrogen functional groups attached to an aromatic ring is 2. The molecule has 2 aromatic carbocycles. The molecule has 7 heteroatoms. The Morgan fingerprint density at radius 3 is 2.63 bits per heavy atom. The average molecular weight is 422 g/mol. The van der Waals surface area contributed by atoms with Crippen molar-refractivity contribution in [1.82, 2.24) is 9.97 Å². The van der Waals surface area contributed by atoms with Gasteiger partial charge in [-0.15, -0.1) is 0 Å². The first-order chi connectivity index (χ1) is 13.1. The van der Waals surface area contributed by atoms with Crippen molar-refractivity contribution in [3.63, 3.8) is 0 Å². The third kappa shape index (κ3) is 4.43. The summed E-state index contributed by atoms with van der Waals surface area (Å²) in [7, 11) is 0. The summed E-state index contributed by atoms with van der Waals surface area (Å²) in [4.78, 5) is 8.05. The maximum atomic E-state index is 9.44. The van der Waals surface area contributed by atoms with E-state index in [1.807, 2.05) is 54.6 Å². The molecule has 0 atom stereocenters. The van der Waals surface area contributed by atoms with Gasteiger partial charge in [-0.05, 0) is 29.8 Å². The molecule has 0 bridgehead atoms. The number of halogens is 1. The SMILES string of the molecule is N#Cc1c(N)nc(N)nc1-c1cc(Br)ccc1OCC=Cc1ccccc1. The first-order valence-corrected chi connectivity index (χ1v) is 8.85. The predicted octanol–water partition coefficient (Wildman–Crippen LogP) is 4.03. The van der Waals surface area contributed by atoms with Gasteiger partial charge < -0.3 is 16.2 Å². The first kappa shape index (κ1) is 18.4. The molecule has 0 aliphatic heterocycles. The third-order valence-electron chi connectivity index (χ3n) is 3.71. The van der Waals surface area contributed by atoms with Gasteiger partial charge in [-0.3, -0.25) is 0 Å². The molecule has 6 nitrogen and oxygen atoms in total. The molecule has 1 aromatic heterocycles. The number of ether oxygens (including phenoxy) is 1. The number of nitriles is 1. The van der Waals surface area contributed by atoms with E-state index in [9.17, 15) is 5.26 Å². The summed E-state index contributed by atoms with van der Waals surface area (Å²) in [6, 6.07) is 17.4. The number of rotatable bonds is 5. The van der Waals surface area contributed by atoms with Crippen molar-refractivity contribution in [3.05, 3.63) is 70.2 Å². The molecule has 3 aromatic rings. The number of nitrogens with two attached hydrogens (primary N) is 2. The fraction of sp³-hybridized carbons (Fsp3) is 0.0500. The van der Waals surface area contributed by atoms with Crippen LogP contribution < -0.4 is 16.2 Å². The molecule has 3 rings (SSSR count). The van der Waals surface area contributed by atoms with E-state index in [-0.39, 0.29) is 17.3 Å². The van der Waals surface area contributed by atoms with Crippen LogP contribution in [0.25, 0.3) is 17.3 Å². The minimum absolute atomic E-state index is 0.00333. The van der Waals surface area contributed by atoms with Crippen molar-refractivity contribution in [2.75, 3.05) is 18.1 Å². The Morgan fingerprint density at radius 2 is 1.89 bits per heavy atom. The van der Waals surface area contributed by atoms with E-state index in [2.05, 4.69) is 25.9 Å². The van der Waals surface area contributed by atoms with Gasteiger partial charge in [0, 0.05) is 10.0 Å². The first-order valence-electron chi connectivity index (χ1n) is 8.06. The Hall–Kier alpha value is -3.37. The minimum Gasteiger partial charge on any atom is -0.489 e. The maximum absolute atomic E-state index is 9.44. The fourth-order valence-electron chi connectivity index (χ4n) is 2.50. The quantitative estimate of drug-likeness (QED) is 0.642. The van der Waals surface area contributed by atoms with Gasteiger partial charge >= 0.3 is 0 Å². The lowest BCUT2D eigenvalue weighted by molar-refractivity contribution is 0.365. The summed E-state index contributed by atoms with van der Waals surface area (Å²) < 4.78 is 6.70. The van der Waals surface area contributed by atoms with Crippen molar-refractivity contribution in [1.29, 1.82) is 5.26 Å². The highest BCUT2D eigenvalue weighted by Crippen LogP contribution is 2.35. The molecule has 0 unspecified atom stereocenters. The Labute approximate surface area is 165 Å². The number of benzene rings is 2. The molecule has 1 heterocycles. The normalized spacial score (nSPS) is 10.7. The molecule has 0 aliphatic carbocycles. The molecule has 27 heavy (non-hydrogen) atoms. The molecular weight excluding hydrogens is 406 g/mol. The Bertz CT molecular complexity index is 1030. The van der Waals surface area contributed by atoms with Crippen LogP contribution in [-0.2, 0) is 0 Å². The molecule has 4 N–H and O–H groups in total. The lowest BCUT2D eigenvalue weighted by Crippen LogP contribution is -2.06. The summed E-state index contributed by atoms with van der Waals surface area (Å²) >= 11 is 3.43. The van der Waals surface area contributed by atoms with Crippen molar-refractivity contribution < 1.29 is 4.74 Å². The largest absolute Gasteiger partial charge is 0.489 e. The topological polar surface area (TPSA) is 111 Å². The summed E-state index contributed by atoms with van der Waals surface area (Å²) in [5.41, 5.74) is 13.7. The second-order valence-corrected chi connectivity index (χ2v) is 6.48. The zero-order valence-corrected chi connectivity index (χ0v) is 15.8. The molecule has 0 radical (unpaired) electrons. The van der Waals surface area contributed by atoms with Crippen LogP contribution in [0, 0.1) is 11.3 Å². The Balaban J connectivity index is 1.91. The van der Waals surface area contributed by atoms with E-state index >= 15 is 0 Å². The van der Waals surface area contributed by atoms with Crippen LogP contribution in [0.3, 0.4) is 0 Å². The minimum atomic E-state index is -0.00333. The highest BCUT2D eigenvalue weighted by Gasteiger charge is 2.17. The van der Waals surface area contributed by atoms with Gasteiger partial charge in [0.1, 0.15) is 29.8 Å². The van der Waals surface area contributed by atoms with Gasteiger partial charge in [0.05, 0.1) is 5.69 Å². The molecular formula is C20H16BrN5O. The lowest BCUT2D eigenvalue weighted by atomic mass is 10.1. The van der Waals surface area contributed by atoms with E-state index in [1.54, 1.807) is 12.1 Å². The highest BCUT2D eigenvalue weighted by atomic mass is 79.9.